The van der Waals surface area contributed by atoms with Gasteiger partial charge in [-0.05, 0) is 26.7 Å². The van der Waals surface area contributed by atoms with Crippen molar-refractivity contribution in [2.75, 3.05) is 13.2 Å². The minimum Gasteiger partial charge on any atom is -0.363 e. The minimum absolute atomic E-state index is 0.202. The average Bonchev–Trinajstić information content (AvgIpc) is 2.63. The van der Waals surface area contributed by atoms with Gasteiger partial charge in [-0.2, -0.15) is 4.89 Å². The maximum atomic E-state index is 13.0. The van der Waals surface area contributed by atoms with Crippen LogP contribution in [0.4, 0.5) is 0 Å². The van der Waals surface area contributed by atoms with E-state index >= 15 is 0 Å². The molecule has 1 fully saturated rings. The Bertz CT molecular complexity index is 515. The molecule has 3 atom stereocenters. The van der Waals surface area contributed by atoms with Crippen LogP contribution in [0.25, 0.3) is 0 Å². The fraction of sp³-hybridized carbons (Fsp3) is 0.900. The summed E-state index contributed by atoms with van der Waals surface area (Å²) in [5, 5.41) is 0. The van der Waals surface area contributed by atoms with E-state index in [1.807, 2.05) is 41.5 Å². The van der Waals surface area contributed by atoms with Gasteiger partial charge < -0.3 is 9.47 Å². The van der Waals surface area contributed by atoms with E-state index in [9.17, 15) is 9.59 Å². The van der Waals surface area contributed by atoms with Gasteiger partial charge in [-0.1, -0.05) is 53.9 Å². The molecule has 0 spiro atoms. The van der Waals surface area contributed by atoms with Crippen molar-refractivity contribution < 1.29 is 38.6 Å². The Morgan fingerprint density at radius 3 is 2.11 bits per heavy atom. The summed E-state index contributed by atoms with van der Waals surface area (Å²) >= 11 is 0. The molecule has 3 unspecified atom stereocenters. The topological polar surface area (TPSA) is 89.5 Å². The van der Waals surface area contributed by atoms with Crippen molar-refractivity contribution in [3.8, 4) is 0 Å². The van der Waals surface area contributed by atoms with Crippen molar-refractivity contribution in [3.05, 3.63) is 0 Å². The van der Waals surface area contributed by atoms with Crippen LogP contribution in [0, 0.1) is 5.41 Å². The SMILES string of the molecule is CCCCC(OCC)(C(=O)OOC(=O)C1(OCC)OOC1CCC)C(C)(C)C. The lowest BCUT2D eigenvalue weighted by Crippen LogP contribution is -2.64. The summed E-state index contributed by atoms with van der Waals surface area (Å²) in [6.07, 6.45) is 2.76. The first-order valence-electron chi connectivity index (χ1n) is 10.2. The molecule has 0 amide bonds. The predicted octanol–water partition coefficient (Wildman–Crippen LogP) is 3.86. The zero-order valence-electron chi connectivity index (χ0n) is 18.3. The zero-order valence-corrected chi connectivity index (χ0v) is 18.3. The lowest BCUT2D eigenvalue weighted by atomic mass is 9.73. The number of ether oxygens (including phenoxy) is 2. The highest BCUT2D eigenvalue weighted by Gasteiger charge is 2.62. The Morgan fingerprint density at radius 1 is 1.00 bits per heavy atom. The zero-order chi connectivity index (χ0) is 21.4. The molecule has 1 aliphatic rings. The van der Waals surface area contributed by atoms with Crippen LogP contribution in [0.1, 0.15) is 80.6 Å². The normalized spacial score (nSPS) is 24.2. The summed E-state index contributed by atoms with van der Waals surface area (Å²) in [6, 6.07) is 0. The minimum atomic E-state index is -1.72. The fourth-order valence-corrected chi connectivity index (χ4v) is 3.26. The van der Waals surface area contributed by atoms with Gasteiger partial charge >= 0.3 is 17.7 Å². The van der Waals surface area contributed by atoms with E-state index in [0.29, 0.717) is 19.4 Å². The van der Waals surface area contributed by atoms with E-state index in [4.69, 9.17) is 29.0 Å². The molecular formula is C20H36O8. The smallest absolute Gasteiger partial charge is 0.363 e. The molecule has 1 rings (SSSR count). The molecule has 28 heavy (non-hydrogen) atoms. The summed E-state index contributed by atoms with van der Waals surface area (Å²) in [5.41, 5.74) is -1.81. The maximum absolute atomic E-state index is 13.0. The van der Waals surface area contributed by atoms with Crippen LogP contribution in [-0.2, 0) is 38.6 Å². The molecular weight excluding hydrogens is 368 g/mol. The molecule has 8 heteroatoms. The predicted molar refractivity (Wildman–Crippen MR) is 101 cm³/mol. The summed E-state index contributed by atoms with van der Waals surface area (Å²) < 4.78 is 11.3. The van der Waals surface area contributed by atoms with Gasteiger partial charge in [0, 0.05) is 18.6 Å². The highest BCUT2D eigenvalue weighted by molar-refractivity contribution is 5.83. The molecule has 1 aliphatic heterocycles. The van der Waals surface area contributed by atoms with Gasteiger partial charge in [0.2, 0.25) is 0 Å². The first-order chi connectivity index (χ1) is 13.1. The van der Waals surface area contributed by atoms with Crippen LogP contribution in [-0.4, -0.2) is 42.6 Å². The lowest BCUT2D eigenvalue weighted by molar-refractivity contribution is -0.559. The Morgan fingerprint density at radius 2 is 1.68 bits per heavy atom. The second kappa shape index (κ2) is 10.5. The number of hydrogen-bond donors (Lipinski definition) is 0. The third kappa shape index (κ3) is 5.03. The first kappa shape index (κ1) is 24.8. The van der Waals surface area contributed by atoms with E-state index in [-0.39, 0.29) is 6.61 Å². The first-order valence-corrected chi connectivity index (χ1v) is 10.2. The van der Waals surface area contributed by atoms with Gasteiger partial charge in [0.15, 0.2) is 11.7 Å². The van der Waals surface area contributed by atoms with E-state index in [2.05, 4.69) is 0 Å². The van der Waals surface area contributed by atoms with Crippen LogP contribution in [0.15, 0.2) is 0 Å². The Labute approximate surface area is 168 Å². The third-order valence-corrected chi connectivity index (χ3v) is 4.91. The van der Waals surface area contributed by atoms with Gasteiger partial charge in [-0.25, -0.2) is 24.3 Å². The van der Waals surface area contributed by atoms with E-state index in [1.54, 1.807) is 6.92 Å². The van der Waals surface area contributed by atoms with Crippen LogP contribution < -0.4 is 0 Å². The molecule has 0 aromatic rings. The molecule has 0 N–H and O–H groups in total. The van der Waals surface area contributed by atoms with E-state index in [1.165, 1.54) is 0 Å². The molecule has 164 valence electrons. The van der Waals surface area contributed by atoms with Gasteiger partial charge in [-0.15, -0.1) is 0 Å². The summed E-state index contributed by atoms with van der Waals surface area (Å²) in [5.74, 6) is -3.42. The monoisotopic (exact) mass is 404 g/mol. The van der Waals surface area contributed by atoms with Crippen LogP contribution in [0.3, 0.4) is 0 Å². The molecule has 0 radical (unpaired) electrons. The van der Waals surface area contributed by atoms with Crippen molar-refractivity contribution in [3.63, 3.8) is 0 Å². The molecule has 0 saturated carbocycles. The number of carbonyl (C=O) groups is 2. The van der Waals surface area contributed by atoms with E-state index < -0.39 is 34.8 Å². The van der Waals surface area contributed by atoms with Gasteiger partial charge in [0.1, 0.15) is 0 Å². The Balaban J connectivity index is 2.94. The number of unbranched alkanes of at least 4 members (excludes halogenated alkanes) is 1. The maximum Gasteiger partial charge on any atom is 0.420 e. The number of carbonyl (C=O) groups excluding carboxylic acids is 2. The standard InChI is InChI=1S/C20H36O8/c1-8-12-14-19(23-10-3,18(5,6)7)16(21)26-27-17(22)20(24-11-4)15(13-9-2)25-28-20/h15H,8-14H2,1-7H3. The van der Waals surface area contributed by atoms with Crippen molar-refractivity contribution in [1.29, 1.82) is 0 Å². The quantitative estimate of drug-likeness (QED) is 0.379. The summed E-state index contributed by atoms with van der Waals surface area (Å²) in [6.45, 7) is 13.7. The van der Waals surface area contributed by atoms with Crippen molar-refractivity contribution >= 4 is 11.9 Å². The van der Waals surface area contributed by atoms with Crippen LogP contribution >= 0.6 is 0 Å². The van der Waals surface area contributed by atoms with Crippen molar-refractivity contribution in [1.82, 2.24) is 0 Å². The lowest BCUT2D eigenvalue weighted by Gasteiger charge is -2.43. The molecule has 1 heterocycles. The molecule has 0 aliphatic carbocycles. The van der Waals surface area contributed by atoms with Crippen LogP contribution in [0.5, 0.6) is 0 Å². The highest BCUT2D eigenvalue weighted by Crippen LogP contribution is 2.40. The molecule has 0 bridgehead atoms. The molecule has 0 aromatic carbocycles. The van der Waals surface area contributed by atoms with E-state index in [0.717, 1.165) is 19.3 Å². The van der Waals surface area contributed by atoms with Gasteiger partial charge in [-0.3, -0.25) is 0 Å². The summed E-state index contributed by atoms with van der Waals surface area (Å²) in [7, 11) is 0. The van der Waals surface area contributed by atoms with Crippen molar-refractivity contribution in [2.24, 2.45) is 5.41 Å². The van der Waals surface area contributed by atoms with Crippen LogP contribution in [0.2, 0.25) is 0 Å². The highest BCUT2D eigenvalue weighted by atomic mass is 17.3. The fourth-order valence-electron chi connectivity index (χ4n) is 3.26. The third-order valence-electron chi connectivity index (χ3n) is 4.91. The summed E-state index contributed by atoms with van der Waals surface area (Å²) in [4.78, 5) is 45.4. The van der Waals surface area contributed by atoms with Gasteiger partial charge in [0.05, 0.1) is 0 Å². The Hall–Kier alpha value is -1.22. The number of rotatable bonds is 11. The van der Waals surface area contributed by atoms with Gasteiger partial charge in [0.25, 0.3) is 0 Å². The second-order valence-corrected chi connectivity index (χ2v) is 7.91. The molecule has 8 nitrogen and oxygen atoms in total. The molecule has 0 aromatic heterocycles. The molecule has 1 saturated heterocycles. The second-order valence-electron chi connectivity index (χ2n) is 7.91. The average molecular weight is 405 g/mol. The number of hydrogen-bond acceptors (Lipinski definition) is 8. The van der Waals surface area contributed by atoms with Crippen molar-refractivity contribution in [2.45, 2.75) is 98.1 Å². The Kier molecular flexibility index (Phi) is 9.33. The largest absolute Gasteiger partial charge is 0.420 e.